The van der Waals surface area contributed by atoms with E-state index in [9.17, 15) is 9.90 Å². The minimum absolute atomic E-state index is 0.00285. The lowest BCUT2D eigenvalue weighted by molar-refractivity contribution is 0.0940. The Morgan fingerprint density at radius 2 is 1.93 bits per heavy atom. The molecule has 2 heteroatoms. The third-order valence-corrected chi connectivity index (χ3v) is 2.21. The van der Waals surface area contributed by atoms with Crippen molar-refractivity contribution in [3.05, 3.63) is 29.3 Å². The average molecular weight is 206 g/mol. The van der Waals surface area contributed by atoms with E-state index in [1.54, 1.807) is 25.1 Å². The van der Waals surface area contributed by atoms with Crippen LogP contribution in [0.5, 0.6) is 5.75 Å². The Bertz CT molecular complexity index is 373. The normalized spacial score (nSPS) is 11.5. The van der Waals surface area contributed by atoms with Crippen LogP contribution in [0.3, 0.4) is 0 Å². The number of phenols is 1. The van der Waals surface area contributed by atoms with Gasteiger partial charge in [0, 0.05) is 12.0 Å². The number of carbonyl (C=O) groups is 1. The quantitative estimate of drug-likeness (QED) is 0.754. The van der Waals surface area contributed by atoms with Gasteiger partial charge in [-0.2, -0.15) is 0 Å². The van der Waals surface area contributed by atoms with Gasteiger partial charge in [0.25, 0.3) is 0 Å². The van der Waals surface area contributed by atoms with Crippen molar-refractivity contribution in [3.8, 4) is 5.75 Å². The maximum Gasteiger partial charge on any atom is 0.163 e. The Morgan fingerprint density at radius 3 is 2.40 bits per heavy atom. The Morgan fingerprint density at radius 1 is 1.33 bits per heavy atom. The molecule has 1 N–H and O–H groups in total. The van der Waals surface area contributed by atoms with Crippen LogP contribution in [-0.2, 0) is 0 Å². The van der Waals surface area contributed by atoms with Crippen LogP contribution in [0.2, 0.25) is 0 Å². The monoisotopic (exact) mass is 206 g/mol. The maximum absolute atomic E-state index is 11.8. The largest absolute Gasteiger partial charge is 0.508 e. The molecule has 15 heavy (non-hydrogen) atoms. The van der Waals surface area contributed by atoms with Gasteiger partial charge in [-0.15, -0.1) is 0 Å². The number of benzene rings is 1. The molecule has 0 bridgehead atoms. The van der Waals surface area contributed by atoms with Crippen LogP contribution in [0.15, 0.2) is 18.2 Å². The highest BCUT2D eigenvalue weighted by atomic mass is 16.3. The Labute approximate surface area is 90.9 Å². The summed E-state index contributed by atoms with van der Waals surface area (Å²) >= 11 is 0. The van der Waals surface area contributed by atoms with E-state index in [0.29, 0.717) is 12.0 Å². The molecule has 0 unspecified atom stereocenters. The molecule has 0 aliphatic rings. The molecule has 1 rings (SSSR count). The molecule has 0 aromatic heterocycles. The molecule has 1 aromatic carbocycles. The molecule has 0 atom stereocenters. The molecule has 0 saturated heterocycles. The van der Waals surface area contributed by atoms with Crippen LogP contribution in [0.25, 0.3) is 0 Å². The summed E-state index contributed by atoms with van der Waals surface area (Å²) in [6.45, 7) is 7.91. The average Bonchev–Trinajstić information content (AvgIpc) is 2.06. The highest BCUT2D eigenvalue weighted by Gasteiger charge is 2.17. The predicted octanol–water partition coefficient (Wildman–Crippen LogP) is 3.32. The molecule has 2 nitrogen and oxygen atoms in total. The third kappa shape index (κ3) is 3.39. The smallest absolute Gasteiger partial charge is 0.163 e. The number of hydrogen-bond donors (Lipinski definition) is 1. The first-order valence-corrected chi connectivity index (χ1v) is 5.12. The summed E-state index contributed by atoms with van der Waals surface area (Å²) in [6.07, 6.45) is 0.525. The number of carbonyl (C=O) groups excluding carboxylic acids is 1. The number of aryl methyl sites for hydroxylation is 1. The van der Waals surface area contributed by atoms with Crippen molar-refractivity contribution >= 4 is 5.78 Å². The number of aromatic hydroxyl groups is 1. The number of Topliss-reactive ketones (excluding diaryl/α,β-unsaturated/α-hetero) is 1. The van der Waals surface area contributed by atoms with E-state index in [1.807, 2.05) is 20.8 Å². The summed E-state index contributed by atoms with van der Waals surface area (Å²) < 4.78 is 0. The van der Waals surface area contributed by atoms with Gasteiger partial charge in [-0.05, 0) is 36.1 Å². The molecule has 0 aliphatic carbocycles. The Balaban J connectivity index is 2.88. The van der Waals surface area contributed by atoms with Gasteiger partial charge in [-0.1, -0.05) is 20.8 Å². The summed E-state index contributed by atoms with van der Waals surface area (Å²) in [7, 11) is 0. The van der Waals surface area contributed by atoms with Crippen LogP contribution in [0, 0.1) is 12.3 Å². The molecule has 0 spiro atoms. The lowest BCUT2D eigenvalue weighted by Crippen LogP contribution is -2.13. The Hall–Kier alpha value is -1.31. The number of ketones is 1. The second-order valence-electron chi connectivity index (χ2n) is 5.16. The van der Waals surface area contributed by atoms with Gasteiger partial charge >= 0.3 is 0 Å². The van der Waals surface area contributed by atoms with Crippen molar-refractivity contribution < 1.29 is 9.90 Å². The molecule has 0 radical (unpaired) electrons. The van der Waals surface area contributed by atoms with Crippen molar-refractivity contribution in [1.82, 2.24) is 0 Å². The molecular formula is C13H18O2. The number of rotatable bonds is 2. The summed E-state index contributed by atoms with van der Waals surface area (Å²) in [5.74, 6) is 0.368. The van der Waals surface area contributed by atoms with E-state index >= 15 is 0 Å². The van der Waals surface area contributed by atoms with Gasteiger partial charge in [0.05, 0.1) is 0 Å². The first-order valence-electron chi connectivity index (χ1n) is 5.12. The minimum atomic E-state index is 0.00285. The van der Waals surface area contributed by atoms with E-state index < -0.39 is 0 Å². The zero-order chi connectivity index (χ0) is 11.6. The molecule has 0 amide bonds. The van der Waals surface area contributed by atoms with Gasteiger partial charge in [-0.3, -0.25) is 4.79 Å². The lowest BCUT2D eigenvalue weighted by Gasteiger charge is -2.16. The van der Waals surface area contributed by atoms with Crippen molar-refractivity contribution in [2.45, 2.75) is 34.1 Å². The van der Waals surface area contributed by atoms with Gasteiger partial charge in [0.1, 0.15) is 5.75 Å². The highest BCUT2D eigenvalue weighted by Crippen LogP contribution is 2.23. The second kappa shape index (κ2) is 4.05. The standard InChI is InChI=1S/C13H18O2/c1-9-7-10(5-6-11(9)14)12(15)8-13(2,3)4/h5-7,14H,8H2,1-4H3. The molecule has 0 heterocycles. The summed E-state index contributed by atoms with van der Waals surface area (Å²) in [4.78, 5) is 11.8. The molecule has 0 fully saturated rings. The minimum Gasteiger partial charge on any atom is -0.508 e. The van der Waals surface area contributed by atoms with E-state index in [2.05, 4.69) is 0 Å². The zero-order valence-electron chi connectivity index (χ0n) is 9.79. The number of phenolic OH excluding ortho intramolecular Hbond substituents is 1. The Kier molecular flexibility index (Phi) is 3.18. The summed E-state index contributed by atoms with van der Waals surface area (Å²) in [5, 5.41) is 9.35. The van der Waals surface area contributed by atoms with Gasteiger partial charge in [0.2, 0.25) is 0 Å². The van der Waals surface area contributed by atoms with Gasteiger partial charge in [0.15, 0.2) is 5.78 Å². The molecule has 0 saturated carbocycles. The van der Waals surface area contributed by atoms with Crippen LogP contribution < -0.4 is 0 Å². The van der Waals surface area contributed by atoms with E-state index in [1.165, 1.54) is 0 Å². The fourth-order valence-electron chi connectivity index (χ4n) is 1.41. The van der Waals surface area contributed by atoms with Crippen molar-refractivity contribution in [3.63, 3.8) is 0 Å². The van der Waals surface area contributed by atoms with E-state index in [0.717, 1.165) is 5.56 Å². The summed E-state index contributed by atoms with van der Waals surface area (Å²) in [5.41, 5.74) is 1.43. The van der Waals surface area contributed by atoms with Crippen molar-refractivity contribution in [1.29, 1.82) is 0 Å². The first kappa shape index (κ1) is 11.8. The first-order chi connectivity index (χ1) is 6.79. The molecule has 1 aromatic rings. The molecule has 0 aliphatic heterocycles. The van der Waals surface area contributed by atoms with Crippen molar-refractivity contribution in [2.75, 3.05) is 0 Å². The fourth-order valence-corrected chi connectivity index (χ4v) is 1.41. The van der Waals surface area contributed by atoms with Crippen LogP contribution in [0.4, 0.5) is 0 Å². The van der Waals surface area contributed by atoms with Crippen molar-refractivity contribution in [2.24, 2.45) is 5.41 Å². The maximum atomic E-state index is 11.8. The van der Waals surface area contributed by atoms with Crippen LogP contribution >= 0.6 is 0 Å². The van der Waals surface area contributed by atoms with E-state index in [4.69, 9.17) is 0 Å². The lowest BCUT2D eigenvalue weighted by atomic mass is 9.87. The second-order valence-corrected chi connectivity index (χ2v) is 5.16. The van der Waals surface area contributed by atoms with Crippen LogP contribution in [0.1, 0.15) is 43.1 Å². The molecular weight excluding hydrogens is 188 g/mol. The third-order valence-electron chi connectivity index (χ3n) is 2.21. The van der Waals surface area contributed by atoms with E-state index in [-0.39, 0.29) is 16.9 Å². The topological polar surface area (TPSA) is 37.3 Å². The van der Waals surface area contributed by atoms with Gasteiger partial charge < -0.3 is 5.11 Å². The zero-order valence-corrected chi connectivity index (χ0v) is 9.79. The summed E-state index contributed by atoms with van der Waals surface area (Å²) in [6, 6.07) is 4.99. The SMILES string of the molecule is Cc1cc(C(=O)CC(C)(C)C)ccc1O. The predicted molar refractivity (Wildman–Crippen MR) is 61.2 cm³/mol. The highest BCUT2D eigenvalue weighted by molar-refractivity contribution is 5.96. The fraction of sp³-hybridized carbons (Fsp3) is 0.462. The number of hydrogen-bond acceptors (Lipinski definition) is 2. The van der Waals surface area contributed by atoms with Gasteiger partial charge in [-0.25, -0.2) is 0 Å². The molecule has 82 valence electrons. The van der Waals surface area contributed by atoms with Crippen LogP contribution in [-0.4, -0.2) is 10.9 Å².